The molecule has 0 aromatic heterocycles. The van der Waals surface area contributed by atoms with E-state index in [4.69, 9.17) is 4.74 Å². The predicted molar refractivity (Wildman–Crippen MR) is 95.3 cm³/mol. The molecule has 0 spiro atoms. The summed E-state index contributed by atoms with van der Waals surface area (Å²) in [6.07, 6.45) is 4.70. The van der Waals surface area contributed by atoms with Gasteiger partial charge in [0.1, 0.15) is 5.75 Å². The Morgan fingerprint density at radius 1 is 0.920 bits per heavy atom. The van der Waals surface area contributed by atoms with Gasteiger partial charge in [0.05, 0.1) is 6.61 Å². The number of carbonyl (C=O) groups is 2. The molecule has 25 heavy (non-hydrogen) atoms. The smallest absolute Gasteiger partial charge is 0.161 e. The summed E-state index contributed by atoms with van der Waals surface area (Å²) in [6.45, 7) is 2.57. The van der Waals surface area contributed by atoms with Crippen molar-refractivity contribution in [3.05, 3.63) is 52.4 Å². The van der Waals surface area contributed by atoms with Gasteiger partial charge in [-0.2, -0.15) is 0 Å². The number of rotatable bonds is 3. The van der Waals surface area contributed by atoms with Gasteiger partial charge in [-0.15, -0.1) is 0 Å². The SMILES string of the molecule is CCOc1ccc(C2C3=C(CCCC3=O)NC3=C2C(=O)CCC3)cc1. The minimum atomic E-state index is -0.220. The molecule has 4 rings (SSSR count). The van der Waals surface area contributed by atoms with Crippen LogP contribution >= 0.6 is 0 Å². The van der Waals surface area contributed by atoms with Crippen molar-refractivity contribution in [2.75, 3.05) is 6.61 Å². The molecule has 1 N–H and O–H groups in total. The molecule has 0 radical (unpaired) electrons. The summed E-state index contributed by atoms with van der Waals surface area (Å²) < 4.78 is 5.53. The van der Waals surface area contributed by atoms with Gasteiger partial charge in [0, 0.05) is 41.3 Å². The molecule has 1 heterocycles. The normalized spacial score (nSPS) is 21.0. The number of carbonyl (C=O) groups excluding carboxylic acids is 2. The second-order valence-corrected chi connectivity index (χ2v) is 6.90. The van der Waals surface area contributed by atoms with Gasteiger partial charge < -0.3 is 10.1 Å². The first-order valence-corrected chi connectivity index (χ1v) is 9.21. The van der Waals surface area contributed by atoms with Crippen LogP contribution in [0, 0.1) is 0 Å². The van der Waals surface area contributed by atoms with Crippen molar-refractivity contribution in [1.29, 1.82) is 0 Å². The Balaban J connectivity index is 1.82. The van der Waals surface area contributed by atoms with E-state index in [1.54, 1.807) is 0 Å². The molecule has 2 aliphatic carbocycles. The third-order valence-electron chi connectivity index (χ3n) is 5.32. The van der Waals surface area contributed by atoms with Crippen LogP contribution in [-0.4, -0.2) is 18.2 Å². The highest BCUT2D eigenvalue weighted by Crippen LogP contribution is 2.45. The van der Waals surface area contributed by atoms with Gasteiger partial charge in [0.2, 0.25) is 0 Å². The number of hydrogen-bond acceptors (Lipinski definition) is 4. The second-order valence-electron chi connectivity index (χ2n) is 6.90. The number of hydrogen-bond donors (Lipinski definition) is 1. The molecule has 0 unspecified atom stereocenters. The number of ether oxygens (including phenoxy) is 1. The average molecular weight is 337 g/mol. The van der Waals surface area contributed by atoms with Gasteiger partial charge in [-0.05, 0) is 50.3 Å². The van der Waals surface area contributed by atoms with E-state index in [9.17, 15) is 9.59 Å². The molecular weight excluding hydrogens is 314 g/mol. The number of benzene rings is 1. The lowest BCUT2D eigenvalue weighted by molar-refractivity contribution is -0.116. The summed E-state index contributed by atoms with van der Waals surface area (Å²) in [7, 11) is 0. The molecule has 0 atom stereocenters. The third-order valence-corrected chi connectivity index (χ3v) is 5.32. The minimum absolute atomic E-state index is 0.178. The van der Waals surface area contributed by atoms with Crippen LogP contribution in [-0.2, 0) is 9.59 Å². The Morgan fingerprint density at radius 2 is 1.48 bits per heavy atom. The van der Waals surface area contributed by atoms with Gasteiger partial charge >= 0.3 is 0 Å². The van der Waals surface area contributed by atoms with Crippen LogP contribution < -0.4 is 10.1 Å². The maximum Gasteiger partial charge on any atom is 0.161 e. The van der Waals surface area contributed by atoms with Gasteiger partial charge in [0.25, 0.3) is 0 Å². The quantitative estimate of drug-likeness (QED) is 0.912. The lowest BCUT2D eigenvalue weighted by Crippen LogP contribution is -2.36. The summed E-state index contributed by atoms with van der Waals surface area (Å²) >= 11 is 0. The summed E-state index contributed by atoms with van der Waals surface area (Å²) in [4.78, 5) is 25.4. The summed E-state index contributed by atoms with van der Waals surface area (Å²) in [5.74, 6) is 0.950. The number of dihydropyridines is 1. The van der Waals surface area contributed by atoms with Crippen LogP contribution in [0.2, 0.25) is 0 Å². The largest absolute Gasteiger partial charge is 0.494 e. The van der Waals surface area contributed by atoms with Crippen LogP contribution in [0.15, 0.2) is 46.8 Å². The van der Waals surface area contributed by atoms with Gasteiger partial charge in [0.15, 0.2) is 11.6 Å². The number of ketones is 2. The van der Waals surface area contributed by atoms with Crippen molar-refractivity contribution in [3.8, 4) is 5.75 Å². The summed E-state index contributed by atoms with van der Waals surface area (Å²) in [5.41, 5.74) is 4.69. The van der Waals surface area contributed by atoms with E-state index >= 15 is 0 Å². The summed E-state index contributed by atoms with van der Waals surface area (Å²) in [6, 6.07) is 7.86. The lowest BCUT2D eigenvalue weighted by Gasteiger charge is -2.37. The van der Waals surface area contributed by atoms with E-state index in [1.165, 1.54) is 0 Å². The zero-order valence-corrected chi connectivity index (χ0v) is 14.6. The molecule has 1 aromatic rings. The fourth-order valence-electron chi connectivity index (χ4n) is 4.24. The second kappa shape index (κ2) is 6.51. The Kier molecular flexibility index (Phi) is 4.20. The lowest BCUT2D eigenvalue weighted by atomic mass is 9.71. The number of allylic oxidation sites excluding steroid dienone is 4. The van der Waals surface area contributed by atoms with Crippen molar-refractivity contribution >= 4 is 11.6 Å². The fourth-order valence-corrected chi connectivity index (χ4v) is 4.24. The van der Waals surface area contributed by atoms with E-state index in [0.29, 0.717) is 19.4 Å². The predicted octanol–water partition coefficient (Wildman–Crippen LogP) is 3.79. The van der Waals surface area contributed by atoms with E-state index < -0.39 is 0 Å². The molecule has 0 amide bonds. The zero-order chi connectivity index (χ0) is 17.4. The van der Waals surface area contributed by atoms with Crippen molar-refractivity contribution in [2.45, 2.75) is 51.4 Å². The first-order chi connectivity index (χ1) is 12.2. The van der Waals surface area contributed by atoms with Crippen molar-refractivity contribution in [1.82, 2.24) is 5.32 Å². The van der Waals surface area contributed by atoms with E-state index in [2.05, 4.69) is 5.32 Å². The Labute approximate surface area is 147 Å². The van der Waals surface area contributed by atoms with Crippen LogP contribution in [0.1, 0.15) is 56.9 Å². The summed E-state index contributed by atoms with van der Waals surface area (Å²) in [5, 5.41) is 3.44. The maximum atomic E-state index is 12.7. The molecule has 0 saturated carbocycles. The molecule has 0 fully saturated rings. The van der Waals surface area contributed by atoms with Crippen molar-refractivity contribution in [3.63, 3.8) is 0 Å². The van der Waals surface area contributed by atoms with E-state index in [0.717, 1.165) is 59.5 Å². The average Bonchev–Trinajstić information content (AvgIpc) is 2.62. The van der Waals surface area contributed by atoms with Crippen LogP contribution in [0.25, 0.3) is 0 Å². The molecular formula is C21H23NO3. The van der Waals surface area contributed by atoms with E-state index in [-0.39, 0.29) is 17.5 Å². The molecule has 1 aliphatic heterocycles. The fraction of sp³-hybridized carbons (Fsp3) is 0.429. The minimum Gasteiger partial charge on any atom is -0.494 e. The highest BCUT2D eigenvalue weighted by molar-refractivity contribution is 6.06. The maximum absolute atomic E-state index is 12.7. The van der Waals surface area contributed by atoms with Gasteiger partial charge in [-0.25, -0.2) is 0 Å². The van der Waals surface area contributed by atoms with E-state index in [1.807, 2.05) is 31.2 Å². The molecule has 0 bridgehead atoms. The Bertz CT molecular complexity index is 744. The standard InChI is InChI=1S/C21H23NO3/c1-2-25-14-11-9-13(10-12-14)19-20-15(5-3-7-17(20)23)22-16-6-4-8-18(24)21(16)19/h9-12,19,22H,2-8H2,1H3. The Hall–Kier alpha value is -2.36. The van der Waals surface area contributed by atoms with Gasteiger partial charge in [-0.3, -0.25) is 9.59 Å². The first-order valence-electron chi connectivity index (χ1n) is 9.21. The van der Waals surface area contributed by atoms with Crippen LogP contribution in [0.3, 0.4) is 0 Å². The Morgan fingerprint density at radius 3 is 2.00 bits per heavy atom. The van der Waals surface area contributed by atoms with Crippen molar-refractivity contribution in [2.24, 2.45) is 0 Å². The van der Waals surface area contributed by atoms with Gasteiger partial charge in [-0.1, -0.05) is 12.1 Å². The number of nitrogens with one attached hydrogen (secondary N) is 1. The highest BCUT2D eigenvalue weighted by Gasteiger charge is 2.39. The molecule has 1 aromatic carbocycles. The van der Waals surface area contributed by atoms with Crippen LogP contribution in [0.5, 0.6) is 5.75 Å². The zero-order valence-electron chi connectivity index (χ0n) is 14.6. The van der Waals surface area contributed by atoms with Crippen LogP contribution in [0.4, 0.5) is 0 Å². The first kappa shape index (κ1) is 16.1. The monoisotopic (exact) mass is 337 g/mol. The molecule has 4 heteroatoms. The molecule has 3 aliphatic rings. The third kappa shape index (κ3) is 2.80. The highest BCUT2D eigenvalue weighted by atomic mass is 16.5. The molecule has 4 nitrogen and oxygen atoms in total. The molecule has 130 valence electrons. The van der Waals surface area contributed by atoms with Crippen molar-refractivity contribution < 1.29 is 14.3 Å². The topological polar surface area (TPSA) is 55.4 Å². The number of Topliss-reactive ketones (excluding diaryl/α,β-unsaturated/α-hetero) is 2. The molecule has 0 saturated heterocycles.